The van der Waals surface area contributed by atoms with Crippen molar-refractivity contribution in [2.75, 3.05) is 13.1 Å². The summed E-state index contributed by atoms with van der Waals surface area (Å²) < 4.78 is 13.3. The third-order valence-corrected chi connectivity index (χ3v) is 5.11. The first-order valence-electron chi connectivity index (χ1n) is 9.63. The number of carbonyl (C=O) groups is 1. The van der Waals surface area contributed by atoms with Crippen molar-refractivity contribution in [2.45, 2.75) is 38.3 Å². The maximum absolute atomic E-state index is 12.5. The third-order valence-electron chi connectivity index (χ3n) is 5.11. The van der Waals surface area contributed by atoms with Gasteiger partial charge >= 0.3 is 0 Å². The molecule has 0 unspecified atom stereocenters. The number of likely N-dealkylation sites (tertiary alicyclic amines) is 1. The van der Waals surface area contributed by atoms with Crippen molar-refractivity contribution in [3.8, 4) is 17.2 Å². The molecule has 1 aliphatic heterocycles. The second-order valence-electron chi connectivity index (χ2n) is 7.23. The molecule has 1 aliphatic carbocycles. The standard InChI is InChI=1S/C20H21N5O3/c1-2-25-10-9-16(22-25)20(26)24-11-14(12-24)27-17-6-4-3-5-15(17)19-21-18(23-28-19)13-7-8-13/h3-6,9-10,13-14H,2,7-8,11-12H2,1H3. The molecule has 28 heavy (non-hydrogen) atoms. The Hall–Kier alpha value is -3.16. The van der Waals surface area contributed by atoms with E-state index in [0.29, 0.717) is 36.3 Å². The molecule has 1 amide bonds. The summed E-state index contributed by atoms with van der Waals surface area (Å²) in [5, 5.41) is 8.36. The quantitative estimate of drug-likeness (QED) is 0.655. The number of aryl methyl sites for hydroxylation is 1. The molecule has 8 nitrogen and oxygen atoms in total. The summed E-state index contributed by atoms with van der Waals surface area (Å²) in [4.78, 5) is 18.7. The third kappa shape index (κ3) is 3.15. The van der Waals surface area contributed by atoms with Gasteiger partial charge in [0.25, 0.3) is 11.8 Å². The number of amides is 1. The van der Waals surface area contributed by atoms with E-state index >= 15 is 0 Å². The number of nitrogens with zero attached hydrogens (tertiary/aromatic N) is 5. The maximum atomic E-state index is 12.5. The highest BCUT2D eigenvalue weighted by Crippen LogP contribution is 2.39. The van der Waals surface area contributed by atoms with Crippen molar-refractivity contribution >= 4 is 5.91 Å². The van der Waals surface area contributed by atoms with Gasteiger partial charge in [-0.2, -0.15) is 10.1 Å². The van der Waals surface area contributed by atoms with E-state index in [9.17, 15) is 4.79 Å². The lowest BCUT2D eigenvalue weighted by Crippen LogP contribution is -2.56. The van der Waals surface area contributed by atoms with Gasteiger partial charge in [-0.1, -0.05) is 17.3 Å². The lowest BCUT2D eigenvalue weighted by atomic mass is 10.1. The molecule has 0 atom stereocenters. The van der Waals surface area contributed by atoms with Gasteiger partial charge in [0, 0.05) is 18.7 Å². The summed E-state index contributed by atoms with van der Waals surface area (Å²) in [6.07, 6.45) is 4.00. The normalized spacial score (nSPS) is 16.8. The average molecular weight is 379 g/mol. The van der Waals surface area contributed by atoms with E-state index in [4.69, 9.17) is 9.26 Å². The fourth-order valence-corrected chi connectivity index (χ4v) is 3.27. The second-order valence-corrected chi connectivity index (χ2v) is 7.23. The summed E-state index contributed by atoms with van der Waals surface area (Å²) in [5.74, 6) is 2.33. The van der Waals surface area contributed by atoms with Crippen molar-refractivity contribution in [1.82, 2.24) is 24.8 Å². The highest BCUT2D eigenvalue weighted by Gasteiger charge is 2.35. The number of aromatic nitrogens is 4. The molecule has 2 aliphatic rings. The lowest BCUT2D eigenvalue weighted by Gasteiger charge is -2.38. The molecule has 1 aromatic carbocycles. The Bertz CT molecular complexity index is 1000. The Morgan fingerprint density at radius 3 is 2.82 bits per heavy atom. The number of rotatable bonds is 6. The molecule has 5 rings (SSSR count). The van der Waals surface area contributed by atoms with Gasteiger partial charge in [0.15, 0.2) is 5.82 Å². The largest absolute Gasteiger partial charge is 0.486 e. The summed E-state index contributed by atoms with van der Waals surface area (Å²) in [5.41, 5.74) is 1.26. The Morgan fingerprint density at radius 2 is 2.07 bits per heavy atom. The molecule has 3 aromatic rings. The van der Waals surface area contributed by atoms with Gasteiger partial charge in [0.1, 0.15) is 17.5 Å². The van der Waals surface area contributed by atoms with Crippen molar-refractivity contribution in [3.05, 3.63) is 48.0 Å². The Balaban J connectivity index is 1.24. The fraction of sp³-hybridized carbons (Fsp3) is 0.400. The minimum Gasteiger partial charge on any atom is -0.486 e. The van der Waals surface area contributed by atoms with E-state index < -0.39 is 0 Å². The van der Waals surface area contributed by atoms with Crippen LogP contribution in [0.3, 0.4) is 0 Å². The topological polar surface area (TPSA) is 86.3 Å². The maximum Gasteiger partial charge on any atom is 0.274 e. The van der Waals surface area contributed by atoms with Gasteiger partial charge in [-0.3, -0.25) is 9.48 Å². The number of ether oxygens (including phenoxy) is 1. The Kier molecular flexibility index (Phi) is 4.11. The van der Waals surface area contributed by atoms with E-state index in [0.717, 1.165) is 30.8 Å². The van der Waals surface area contributed by atoms with E-state index in [-0.39, 0.29) is 12.0 Å². The molecule has 1 saturated carbocycles. The predicted molar refractivity (Wildman–Crippen MR) is 99.9 cm³/mol. The molecular weight excluding hydrogens is 358 g/mol. The first-order valence-corrected chi connectivity index (χ1v) is 9.63. The number of hydrogen-bond acceptors (Lipinski definition) is 6. The van der Waals surface area contributed by atoms with Crippen LogP contribution in [0.2, 0.25) is 0 Å². The van der Waals surface area contributed by atoms with Crippen LogP contribution in [-0.2, 0) is 6.54 Å². The number of para-hydroxylation sites is 1. The Labute approximate surface area is 162 Å². The first kappa shape index (κ1) is 17.0. The van der Waals surface area contributed by atoms with E-state index in [1.807, 2.05) is 37.4 Å². The molecular formula is C20H21N5O3. The zero-order chi connectivity index (χ0) is 19.1. The van der Waals surface area contributed by atoms with Gasteiger partial charge in [0.2, 0.25) is 0 Å². The van der Waals surface area contributed by atoms with Gasteiger partial charge in [0.05, 0.1) is 18.7 Å². The van der Waals surface area contributed by atoms with Crippen molar-refractivity contribution < 1.29 is 14.1 Å². The number of carbonyl (C=O) groups excluding carboxylic acids is 1. The van der Waals surface area contributed by atoms with Gasteiger partial charge in [-0.25, -0.2) is 0 Å². The predicted octanol–water partition coefficient (Wildman–Crippen LogP) is 2.73. The van der Waals surface area contributed by atoms with E-state index in [2.05, 4.69) is 15.2 Å². The minimum atomic E-state index is -0.0656. The van der Waals surface area contributed by atoms with E-state index in [1.165, 1.54) is 0 Å². The van der Waals surface area contributed by atoms with Crippen LogP contribution in [-0.4, -0.2) is 49.9 Å². The van der Waals surface area contributed by atoms with Crippen LogP contribution in [0.4, 0.5) is 0 Å². The zero-order valence-corrected chi connectivity index (χ0v) is 15.6. The minimum absolute atomic E-state index is 0.0636. The number of benzene rings is 1. The van der Waals surface area contributed by atoms with Gasteiger partial charge in [-0.15, -0.1) is 0 Å². The first-order chi connectivity index (χ1) is 13.7. The SMILES string of the molecule is CCn1ccc(C(=O)N2CC(Oc3ccccc3-c3nc(C4CC4)no3)C2)n1. The molecule has 0 radical (unpaired) electrons. The fourth-order valence-electron chi connectivity index (χ4n) is 3.27. The molecule has 2 fully saturated rings. The summed E-state index contributed by atoms with van der Waals surface area (Å²) in [7, 11) is 0. The van der Waals surface area contributed by atoms with Gasteiger partial charge < -0.3 is 14.2 Å². The van der Waals surface area contributed by atoms with Gasteiger partial charge in [-0.05, 0) is 38.0 Å². The number of hydrogen-bond donors (Lipinski definition) is 0. The van der Waals surface area contributed by atoms with Crippen LogP contribution in [0, 0.1) is 0 Å². The molecule has 0 bridgehead atoms. The molecule has 8 heteroatoms. The summed E-state index contributed by atoms with van der Waals surface area (Å²) in [6, 6.07) is 9.39. The van der Waals surface area contributed by atoms with E-state index in [1.54, 1.807) is 15.6 Å². The lowest BCUT2D eigenvalue weighted by molar-refractivity contribution is 0.0174. The highest BCUT2D eigenvalue weighted by atomic mass is 16.5. The molecule has 144 valence electrons. The average Bonchev–Trinajstić information content (AvgIpc) is 3.23. The molecule has 0 N–H and O–H groups in total. The van der Waals surface area contributed by atoms with Crippen LogP contribution in [0.5, 0.6) is 5.75 Å². The molecule has 0 spiro atoms. The van der Waals surface area contributed by atoms with Crippen molar-refractivity contribution in [2.24, 2.45) is 0 Å². The van der Waals surface area contributed by atoms with Crippen LogP contribution in [0.1, 0.15) is 42.0 Å². The zero-order valence-electron chi connectivity index (χ0n) is 15.6. The van der Waals surface area contributed by atoms with Crippen molar-refractivity contribution in [3.63, 3.8) is 0 Å². The Morgan fingerprint density at radius 1 is 1.25 bits per heavy atom. The van der Waals surface area contributed by atoms with Crippen LogP contribution < -0.4 is 4.74 Å². The summed E-state index contributed by atoms with van der Waals surface area (Å²) in [6.45, 7) is 3.80. The molecule has 2 aromatic heterocycles. The molecule has 1 saturated heterocycles. The summed E-state index contributed by atoms with van der Waals surface area (Å²) >= 11 is 0. The second kappa shape index (κ2) is 6.78. The molecule has 3 heterocycles. The van der Waals surface area contributed by atoms with Crippen LogP contribution in [0.15, 0.2) is 41.1 Å². The smallest absolute Gasteiger partial charge is 0.274 e. The monoisotopic (exact) mass is 379 g/mol. The van der Waals surface area contributed by atoms with Crippen LogP contribution in [0.25, 0.3) is 11.5 Å². The van der Waals surface area contributed by atoms with Crippen LogP contribution >= 0.6 is 0 Å². The van der Waals surface area contributed by atoms with Crippen molar-refractivity contribution in [1.29, 1.82) is 0 Å². The highest BCUT2D eigenvalue weighted by molar-refractivity contribution is 5.92.